The van der Waals surface area contributed by atoms with Crippen molar-refractivity contribution in [2.45, 2.75) is 50.2 Å². The molecule has 84 valence electrons. The van der Waals surface area contributed by atoms with Gasteiger partial charge in [-0.05, 0) is 32.2 Å². The van der Waals surface area contributed by atoms with Crippen molar-refractivity contribution in [3.63, 3.8) is 0 Å². The van der Waals surface area contributed by atoms with Gasteiger partial charge in [0, 0.05) is 0 Å². The van der Waals surface area contributed by atoms with Crippen LogP contribution in [0.25, 0.3) is 0 Å². The number of unbranched alkanes of at least 4 members (excludes halogenated alkanes) is 2. The topological polar surface area (TPSA) is 60.2 Å². The first-order valence-electron chi connectivity index (χ1n) is 5.58. The van der Waals surface area contributed by atoms with Gasteiger partial charge in [-0.25, -0.2) is 8.42 Å². The van der Waals surface area contributed by atoms with Gasteiger partial charge in [0.1, 0.15) is 0 Å². The van der Waals surface area contributed by atoms with Gasteiger partial charge in [0.15, 0.2) is 9.84 Å². The van der Waals surface area contributed by atoms with Crippen molar-refractivity contribution in [1.29, 1.82) is 0 Å². The molecule has 0 unspecified atom stereocenters. The second-order valence-electron chi connectivity index (χ2n) is 4.12. The lowest BCUT2D eigenvalue weighted by atomic mass is 10.2. The molecule has 1 fully saturated rings. The van der Waals surface area contributed by atoms with Crippen molar-refractivity contribution >= 4 is 9.84 Å². The number of hydrogen-bond acceptors (Lipinski definition) is 3. The molecular formula is C10H21NO2S. The van der Waals surface area contributed by atoms with Gasteiger partial charge in [-0.1, -0.05) is 19.3 Å². The summed E-state index contributed by atoms with van der Waals surface area (Å²) in [5.74, 6) is 0.373. The summed E-state index contributed by atoms with van der Waals surface area (Å²) < 4.78 is 23.5. The minimum Gasteiger partial charge on any atom is -0.330 e. The van der Waals surface area contributed by atoms with Crippen LogP contribution in [-0.4, -0.2) is 26.0 Å². The summed E-state index contributed by atoms with van der Waals surface area (Å²) in [5, 5.41) is -0.0274. The van der Waals surface area contributed by atoms with E-state index >= 15 is 0 Å². The Kier molecular flexibility index (Phi) is 4.89. The van der Waals surface area contributed by atoms with Crippen molar-refractivity contribution in [1.82, 2.24) is 0 Å². The Morgan fingerprint density at radius 3 is 2.29 bits per heavy atom. The van der Waals surface area contributed by atoms with E-state index in [1.54, 1.807) is 0 Å². The molecule has 0 amide bonds. The first-order valence-corrected chi connectivity index (χ1v) is 7.30. The smallest absolute Gasteiger partial charge is 0.153 e. The maximum Gasteiger partial charge on any atom is 0.153 e. The predicted octanol–water partition coefficient (Wildman–Crippen LogP) is 1.47. The third-order valence-corrected chi connectivity index (χ3v) is 5.29. The van der Waals surface area contributed by atoms with E-state index < -0.39 is 9.84 Å². The molecule has 0 aromatic carbocycles. The number of nitrogens with two attached hydrogens (primary N) is 1. The molecule has 14 heavy (non-hydrogen) atoms. The third-order valence-electron chi connectivity index (χ3n) is 2.94. The van der Waals surface area contributed by atoms with Crippen LogP contribution in [0.1, 0.15) is 44.9 Å². The Morgan fingerprint density at radius 2 is 1.71 bits per heavy atom. The Balaban J connectivity index is 2.26. The third kappa shape index (κ3) is 3.58. The molecule has 0 spiro atoms. The molecular weight excluding hydrogens is 198 g/mol. The molecule has 1 saturated carbocycles. The molecule has 0 heterocycles. The van der Waals surface area contributed by atoms with Crippen molar-refractivity contribution in [2.24, 2.45) is 5.73 Å². The van der Waals surface area contributed by atoms with Crippen LogP contribution in [-0.2, 0) is 9.84 Å². The van der Waals surface area contributed by atoms with Crippen LogP contribution in [0.3, 0.4) is 0 Å². The largest absolute Gasteiger partial charge is 0.330 e. The van der Waals surface area contributed by atoms with E-state index in [0.717, 1.165) is 44.9 Å². The number of hydrogen-bond donors (Lipinski definition) is 1. The minimum absolute atomic E-state index is 0.0274. The zero-order valence-electron chi connectivity index (χ0n) is 8.74. The highest BCUT2D eigenvalue weighted by Gasteiger charge is 2.27. The predicted molar refractivity (Wildman–Crippen MR) is 58.9 cm³/mol. The van der Waals surface area contributed by atoms with Crippen LogP contribution in [0.4, 0.5) is 0 Å². The van der Waals surface area contributed by atoms with Crippen molar-refractivity contribution in [3.8, 4) is 0 Å². The average molecular weight is 219 g/mol. The van der Waals surface area contributed by atoms with E-state index in [9.17, 15) is 8.42 Å². The number of rotatable bonds is 6. The van der Waals surface area contributed by atoms with E-state index in [2.05, 4.69) is 0 Å². The van der Waals surface area contributed by atoms with Crippen LogP contribution < -0.4 is 5.73 Å². The van der Waals surface area contributed by atoms with Gasteiger partial charge in [0.05, 0.1) is 11.0 Å². The van der Waals surface area contributed by atoms with E-state index in [4.69, 9.17) is 5.73 Å². The summed E-state index contributed by atoms with van der Waals surface area (Å²) in [6.45, 7) is 0.670. The Morgan fingerprint density at radius 1 is 1.07 bits per heavy atom. The molecule has 0 aliphatic heterocycles. The second kappa shape index (κ2) is 5.71. The van der Waals surface area contributed by atoms with Crippen LogP contribution in [0.2, 0.25) is 0 Å². The summed E-state index contributed by atoms with van der Waals surface area (Å²) in [6.07, 6.45) is 6.64. The lowest BCUT2D eigenvalue weighted by Crippen LogP contribution is -2.21. The van der Waals surface area contributed by atoms with Crippen molar-refractivity contribution in [2.75, 3.05) is 12.3 Å². The maximum atomic E-state index is 11.8. The molecule has 4 heteroatoms. The van der Waals surface area contributed by atoms with Crippen LogP contribution >= 0.6 is 0 Å². The van der Waals surface area contributed by atoms with Crippen molar-refractivity contribution in [3.05, 3.63) is 0 Å². The highest BCUT2D eigenvalue weighted by molar-refractivity contribution is 7.92. The fourth-order valence-electron chi connectivity index (χ4n) is 2.04. The molecule has 0 aromatic heterocycles. The molecule has 2 N–H and O–H groups in total. The molecule has 1 aliphatic rings. The highest BCUT2D eigenvalue weighted by atomic mass is 32.2. The number of sulfone groups is 1. The van der Waals surface area contributed by atoms with Gasteiger partial charge in [-0.15, -0.1) is 0 Å². The maximum absolute atomic E-state index is 11.8. The molecule has 0 radical (unpaired) electrons. The zero-order chi connectivity index (χ0) is 10.4. The van der Waals surface area contributed by atoms with E-state index in [0.29, 0.717) is 12.3 Å². The van der Waals surface area contributed by atoms with E-state index in [1.807, 2.05) is 0 Å². The van der Waals surface area contributed by atoms with E-state index in [-0.39, 0.29) is 5.25 Å². The van der Waals surface area contributed by atoms with Gasteiger partial charge in [-0.2, -0.15) is 0 Å². The quantitative estimate of drug-likeness (QED) is 0.688. The van der Waals surface area contributed by atoms with Gasteiger partial charge in [-0.3, -0.25) is 0 Å². The highest BCUT2D eigenvalue weighted by Crippen LogP contribution is 2.25. The van der Waals surface area contributed by atoms with Crippen molar-refractivity contribution < 1.29 is 8.42 Å². The lowest BCUT2D eigenvalue weighted by Gasteiger charge is -2.10. The zero-order valence-corrected chi connectivity index (χ0v) is 9.56. The molecule has 1 aliphatic carbocycles. The SMILES string of the molecule is NCCCCCS(=O)(=O)C1CCCC1. The summed E-state index contributed by atoms with van der Waals surface area (Å²) in [7, 11) is -2.78. The lowest BCUT2D eigenvalue weighted by molar-refractivity contribution is 0.574. The Bertz CT molecular complexity index is 243. The molecule has 1 rings (SSSR count). The van der Waals surface area contributed by atoms with Gasteiger partial charge in [0.2, 0.25) is 0 Å². The second-order valence-corrected chi connectivity index (χ2v) is 6.52. The van der Waals surface area contributed by atoms with Crippen LogP contribution in [0.5, 0.6) is 0 Å². The summed E-state index contributed by atoms with van der Waals surface area (Å²) in [4.78, 5) is 0. The summed E-state index contributed by atoms with van der Waals surface area (Å²) >= 11 is 0. The molecule has 0 atom stereocenters. The van der Waals surface area contributed by atoms with Crippen LogP contribution in [0, 0.1) is 0 Å². The molecule has 0 aromatic rings. The fourth-order valence-corrected chi connectivity index (χ4v) is 4.03. The van der Waals surface area contributed by atoms with Crippen LogP contribution in [0.15, 0.2) is 0 Å². The Hall–Kier alpha value is -0.0900. The summed E-state index contributed by atoms with van der Waals surface area (Å²) in [6, 6.07) is 0. The molecule has 3 nitrogen and oxygen atoms in total. The first kappa shape index (κ1) is 12.0. The average Bonchev–Trinajstić information content (AvgIpc) is 2.65. The standard InChI is InChI=1S/C10H21NO2S/c11-8-4-1-5-9-14(12,13)10-6-2-3-7-10/h10H,1-9,11H2. The molecule has 0 bridgehead atoms. The molecule has 0 saturated heterocycles. The first-order chi connectivity index (χ1) is 6.67. The van der Waals surface area contributed by atoms with Gasteiger partial charge in [0.25, 0.3) is 0 Å². The van der Waals surface area contributed by atoms with Gasteiger partial charge < -0.3 is 5.73 Å². The van der Waals surface area contributed by atoms with Gasteiger partial charge >= 0.3 is 0 Å². The monoisotopic (exact) mass is 219 g/mol. The fraction of sp³-hybridized carbons (Fsp3) is 1.00. The minimum atomic E-state index is -2.78. The van der Waals surface area contributed by atoms with E-state index in [1.165, 1.54) is 0 Å². The Labute approximate surface area is 87.0 Å². The summed E-state index contributed by atoms with van der Waals surface area (Å²) in [5.41, 5.74) is 5.35. The normalized spacial score (nSPS) is 18.9.